The molecular weight excluding hydrogens is 264 g/mol. The minimum absolute atomic E-state index is 0.103. The van der Waals surface area contributed by atoms with Crippen LogP contribution in [0.15, 0.2) is 42.5 Å². The van der Waals surface area contributed by atoms with Crippen LogP contribution in [-0.4, -0.2) is 22.8 Å². The molecule has 2 amide bonds. The lowest BCUT2D eigenvalue weighted by Gasteiger charge is -2.21. The minimum Gasteiger partial charge on any atom is -0.399 e. The van der Waals surface area contributed by atoms with E-state index in [-0.39, 0.29) is 17.9 Å². The van der Waals surface area contributed by atoms with Gasteiger partial charge in [-0.1, -0.05) is 18.2 Å². The predicted molar refractivity (Wildman–Crippen MR) is 79.0 cm³/mol. The first-order valence-corrected chi connectivity index (χ1v) is 6.99. The van der Waals surface area contributed by atoms with E-state index < -0.39 is 0 Å². The summed E-state index contributed by atoms with van der Waals surface area (Å²) in [6, 6.07) is 12.7. The Morgan fingerprint density at radius 3 is 2.19 bits per heavy atom. The van der Waals surface area contributed by atoms with E-state index in [1.807, 2.05) is 18.2 Å². The monoisotopic (exact) mass is 278 g/mol. The molecule has 4 heteroatoms. The molecule has 0 fully saturated rings. The van der Waals surface area contributed by atoms with E-state index in [1.54, 1.807) is 24.3 Å². The van der Waals surface area contributed by atoms with Crippen LogP contribution >= 0.6 is 0 Å². The molecule has 0 radical (unpaired) electrons. The molecule has 0 unspecified atom stereocenters. The van der Waals surface area contributed by atoms with E-state index in [0.29, 0.717) is 24.0 Å². The Hall–Kier alpha value is -2.62. The molecule has 0 saturated heterocycles. The topological polar surface area (TPSA) is 63.4 Å². The van der Waals surface area contributed by atoms with Gasteiger partial charge in [-0.25, -0.2) is 0 Å². The van der Waals surface area contributed by atoms with Crippen molar-refractivity contribution in [1.82, 2.24) is 4.90 Å². The second kappa shape index (κ2) is 4.19. The highest BCUT2D eigenvalue weighted by Crippen LogP contribution is 2.32. The third-order valence-corrected chi connectivity index (χ3v) is 4.33. The Bertz CT molecular complexity index is 747. The van der Waals surface area contributed by atoms with E-state index in [9.17, 15) is 9.59 Å². The maximum atomic E-state index is 12.5. The lowest BCUT2D eigenvalue weighted by molar-refractivity contribution is 0.0590. The molecule has 0 aromatic heterocycles. The first kappa shape index (κ1) is 12.1. The zero-order chi connectivity index (χ0) is 14.6. The molecule has 1 aliphatic heterocycles. The zero-order valence-electron chi connectivity index (χ0n) is 11.4. The quantitative estimate of drug-likeness (QED) is 0.641. The molecular formula is C17H14N2O2. The lowest BCUT2D eigenvalue weighted by atomic mass is 10.1. The Kier molecular flexibility index (Phi) is 2.42. The van der Waals surface area contributed by atoms with Crippen LogP contribution in [0.2, 0.25) is 0 Å². The predicted octanol–water partition coefficient (Wildman–Crippen LogP) is 2.03. The van der Waals surface area contributed by atoms with Gasteiger partial charge in [-0.15, -0.1) is 0 Å². The van der Waals surface area contributed by atoms with Crippen LogP contribution in [0.1, 0.15) is 31.8 Å². The average molecular weight is 278 g/mol. The molecule has 104 valence electrons. The molecule has 2 aliphatic rings. The lowest BCUT2D eigenvalue weighted by Crippen LogP contribution is -2.40. The number of hydrogen-bond donors (Lipinski definition) is 1. The summed E-state index contributed by atoms with van der Waals surface area (Å²) in [6.07, 6.45) is 1.40. The molecule has 0 saturated carbocycles. The van der Waals surface area contributed by atoms with Crippen LogP contribution in [0, 0.1) is 0 Å². The molecule has 0 spiro atoms. The number of imide groups is 1. The van der Waals surface area contributed by atoms with Crippen molar-refractivity contribution < 1.29 is 9.59 Å². The minimum atomic E-state index is -0.179. The molecule has 0 bridgehead atoms. The Labute approximate surface area is 122 Å². The fourth-order valence-corrected chi connectivity index (χ4v) is 3.34. The van der Waals surface area contributed by atoms with Crippen molar-refractivity contribution in [2.24, 2.45) is 0 Å². The molecule has 2 N–H and O–H groups in total. The smallest absolute Gasteiger partial charge is 0.261 e. The van der Waals surface area contributed by atoms with Crippen molar-refractivity contribution in [1.29, 1.82) is 0 Å². The molecule has 1 atom stereocenters. The highest BCUT2D eigenvalue weighted by molar-refractivity contribution is 6.21. The van der Waals surface area contributed by atoms with Crippen molar-refractivity contribution in [2.45, 2.75) is 18.9 Å². The van der Waals surface area contributed by atoms with Crippen molar-refractivity contribution in [3.05, 3.63) is 64.7 Å². The van der Waals surface area contributed by atoms with E-state index in [1.165, 1.54) is 10.5 Å². The zero-order valence-corrected chi connectivity index (χ0v) is 11.4. The number of nitrogen functional groups attached to an aromatic ring is 1. The van der Waals surface area contributed by atoms with Crippen LogP contribution in [-0.2, 0) is 12.8 Å². The second-order valence-corrected chi connectivity index (χ2v) is 5.62. The summed E-state index contributed by atoms with van der Waals surface area (Å²) in [4.78, 5) is 26.4. The van der Waals surface area contributed by atoms with Crippen LogP contribution in [0.4, 0.5) is 5.69 Å². The van der Waals surface area contributed by atoms with E-state index in [4.69, 9.17) is 5.73 Å². The van der Waals surface area contributed by atoms with Crippen LogP contribution < -0.4 is 5.73 Å². The first-order chi connectivity index (χ1) is 10.1. The van der Waals surface area contributed by atoms with Gasteiger partial charge in [0.25, 0.3) is 11.8 Å². The fraction of sp³-hybridized carbons (Fsp3) is 0.176. The number of anilines is 1. The van der Waals surface area contributed by atoms with E-state index >= 15 is 0 Å². The standard InChI is InChI=1S/C17H14N2O2/c18-12-6-5-10-8-13(9-11(10)7-12)19-16(20)14-3-1-2-4-15(14)17(19)21/h1-7,13H,8-9,18H2/t13-/m0/s1. The summed E-state index contributed by atoms with van der Waals surface area (Å²) >= 11 is 0. The fourth-order valence-electron chi connectivity index (χ4n) is 3.34. The van der Waals surface area contributed by atoms with Gasteiger partial charge in [-0.05, 0) is 48.2 Å². The number of nitrogens with two attached hydrogens (primary N) is 1. The number of hydrogen-bond acceptors (Lipinski definition) is 3. The molecule has 2 aromatic rings. The van der Waals surface area contributed by atoms with Gasteiger partial charge >= 0.3 is 0 Å². The van der Waals surface area contributed by atoms with Gasteiger partial charge in [0.05, 0.1) is 11.1 Å². The largest absolute Gasteiger partial charge is 0.399 e. The average Bonchev–Trinajstić information content (AvgIpc) is 2.99. The van der Waals surface area contributed by atoms with Crippen molar-refractivity contribution >= 4 is 17.5 Å². The summed E-state index contributed by atoms with van der Waals surface area (Å²) < 4.78 is 0. The van der Waals surface area contributed by atoms with Crippen LogP contribution in [0.3, 0.4) is 0 Å². The summed E-state index contributed by atoms with van der Waals surface area (Å²) in [7, 11) is 0. The number of rotatable bonds is 1. The second-order valence-electron chi connectivity index (χ2n) is 5.62. The highest BCUT2D eigenvalue weighted by Gasteiger charge is 2.41. The Balaban J connectivity index is 1.69. The molecule has 1 heterocycles. The van der Waals surface area contributed by atoms with Gasteiger partial charge in [0.15, 0.2) is 0 Å². The van der Waals surface area contributed by atoms with Crippen molar-refractivity contribution in [3.63, 3.8) is 0 Å². The van der Waals surface area contributed by atoms with Gasteiger partial charge in [-0.3, -0.25) is 14.5 Å². The summed E-state index contributed by atoms with van der Waals surface area (Å²) in [5.74, 6) is -0.359. The normalized spacial score (nSPS) is 19.8. The third kappa shape index (κ3) is 1.69. The van der Waals surface area contributed by atoms with Gasteiger partial charge in [-0.2, -0.15) is 0 Å². The first-order valence-electron chi connectivity index (χ1n) is 6.99. The number of amides is 2. The van der Waals surface area contributed by atoms with Gasteiger partial charge in [0.1, 0.15) is 0 Å². The Morgan fingerprint density at radius 2 is 1.52 bits per heavy atom. The molecule has 1 aliphatic carbocycles. The summed E-state index contributed by atoms with van der Waals surface area (Å²) in [5.41, 5.74) is 9.86. The highest BCUT2D eigenvalue weighted by atomic mass is 16.2. The van der Waals surface area contributed by atoms with E-state index in [2.05, 4.69) is 0 Å². The van der Waals surface area contributed by atoms with Gasteiger partial charge < -0.3 is 5.73 Å². The molecule has 2 aromatic carbocycles. The number of carbonyl (C=O) groups excluding carboxylic acids is 2. The van der Waals surface area contributed by atoms with Crippen molar-refractivity contribution in [3.8, 4) is 0 Å². The van der Waals surface area contributed by atoms with Gasteiger partial charge in [0.2, 0.25) is 0 Å². The van der Waals surface area contributed by atoms with Crippen LogP contribution in [0.25, 0.3) is 0 Å². The summed E-state index contributed by atoms with van der Waals surface area (Å²) in [6.45, 7) is 0. The number of benzene rings is 2. The number of carbonyl (C=O) groups is 2. The molecule has 21 heavy (non-hydrogen) atoms. The Morgan fingerprint density at radius 1 is 0.905 bits per heavy atom. The molecule has 4 nitrogen and oxygen atoms in total. The van der Waals surface area contributed by atoms with Crippen molar-refractivity contribution in [2.75, 3.05) is 5.73 Å². The van der Waals surface area contributed by atoms with E-state index in [0.717, 1.165) is 11.3 Å². The van der Waals surface area contributed by atoms with Gasteiger partial charge in [0, 0.05) is 11.7 Å². The number of fused-ring (bicyclic) bond motifs is 2. The molecule has 4 rings (SSSR count). The summed E-state index contributed by atoms with van der Waals surface area (Å²) in [5, 5.41) is 0. The maximum Gasteiger partial charge on any atom is 0.261 e. The maximum absolute atomic E-state index is 12.5. The number of nitrogens with zero attached hydrogens (tertiary/aromatic N) is 1. The van der Waals surface area contributed by atoms with Crippen LogP contribution in [0.5, 0.6) is 0 Å². The SMILES string of the molecule is Nc1ccc2c(c1)C[C@@H](N1C(=O)c3ccccc3C1=O)C2. The third-order valence-electron chi connectivity index (χ3n) is 4.33.